The van der Waals surface area contributed by atoms with Crippen molar-refractivity contribution in [2.45, 2.75) is 52.6 Å². The molecule has 0 aliphatic carbocycles. The van der Waals surface area contributed by atoms with Gasteiger partial charge in [-0.3, -0.25) is 0 Å². The van der Waals surface area contributed by atoms with Crippen LogP contribution in [0.3, 0.4) is 0 Å². The fourth-order valence-corrected chi connectivity index (χ4v) is 1.82. The van der Waals surface area contributed by atoms with E-state index in [1.165, 1.54) is 12.8 Å². The maximum atomic E-state index is 2.43. The third-order valence-corrected chi connectivity index (χ3v) is 3.04. The highest BCUT2D eigenvalue weighted by atomic mass is 31.1. The minimum absolute atomic E-state index is 0.482. The van der Waals surface area contributed by atoms with Crippen molar-refractivity contribution in [2.75, 3.05) is 0 Å². The first-order valence-corrected chi connectivity index (χ1v) is 5.53. The van der Waals surface area contributed by atoms with Crippen molar-refractivity contribution >= 4 is 8.58 Å². The highest BCUT2D eigenvalue weighted by Crippen LogP contribution is 2.33. The summed E-state index contributed by atoms with van der Waals surface area (Å²) in [5.41, 5.74) is 1.61. The van der Waals surface area contributed by atoms with Crippen LogP contribution in [-0.2, 0) is 0 Å². The maximum absolute atomic E-state index is 2.43. The van der Waals surface area contributed by atoms with Crippen LogP contribution in [0, 0.1) is 0 Å². The van der Waals surface area contributed by atoms with Crippen LogP contribution < -0.4 is 0 Å². The van der Waals surface area contributed by atoms with Crippen LogP contribution >= 0.6 is 8.58 Å². The van der Waals surface area contributed by atoms with Gasteiger partial charge in [-0.25, -0.2) is 0 Å². The van der Waals surface area contributed by atoms with Crippen molar-refractivity contribution in [3.63, 3.8) is 0 Å². The first-order chi connectivity index (χ1) is 4.99. The summed E-state index contributed by atoms with van der Waals surface area (Å²) in [6, 6.07) is 0. The lowest BCUT2D eigenvalue weighted by Crippen LogP contribution is -2.02. The molecule has 1 atom stereocenters. The highest BCUT2D eigenvalue weighted by molar-refractivity contribution is 7.43. The molecule has 0 N–H and O–H groups in total. The van der Waals surface area contributed by atoms with Gasteiger partial charge in [0, 0.05) is 0 Å². The van der Waals surface area contributed by atoms with Gasteiger partial charge in [-0.2, -0.15) is 0 Å². The summed E-state index contributed by atoms with van der Waals surface area (Å²) in [4.78, 5) is 0. The molecule has 0 aromatic carbocycles. The third-order valence-electron chi connectivity index (χ3n) is 1.62. The topological polar surface area (TPSA) is 0 Å². The number of allylic oxidation sites excluding steroid dienone is 1. The molecule has 0 saturated carbocycles. The van der Waals surface area contributed by atoms with Crippen molar-refractivity contribution in [3.8, 4) is 0 Å². The summed E-state index contributed by atoms with van der Waals surface area (Å²) in [6.07, 6.45) is 2.44. The van der Waals surface area contributed by atoms with E-state index in [1.807, 2.05) is 0 Å². The maximum Gasteiger partial charge on any atom is -0.0172 e. The fraction of sp³-hybridized carbons (Fsp3) is 0.800. The van der Waals surface area contributed by atoms with E-state index in [2.05, 4.69) is 40.4 Å². The molecule has 0 aliphatic rings. The Morgan fingerprint density at radius 2 is 1.64 bits per heavy atom. The molecular formula is C10H21P. The minimum atomic E-state index is 0.482. The van der Waals surface area contributed by atoms with Crippen molar-refractivity contribution in [2.24, 2.45) is 0 Å². The van der Waals surface area contributed by atoms with Gasteiger partial charge in [0.15, 0.2) is 0 Å². The summed E-state index contributed by atoms with van der Waals surface area (Å²) >= 11 is 0. The molecule has 0 nitrogen and oxygen atoms in total. The predicted octanol–water partition coefficient (Wildman–Crippen LogP) is 4.17. The zero-order chi connectivity index (χ0) is 8.91. The van der Waals surface area contributed by atoms with Gasteiger partial charge < -0.3 is 0 Å². The van der Waals surface area contributed by atoms with Gasteiger partial charge in [-0.15, -0.1) is 0 Å². The second kappa shape index (κ2) is 4.93. The van der Waals surface area contributed by atoms with Crippen molar-refractivity contribution in [3.05, 3.63) is 11.4 Å². The van der Waals surface area contributed by atoms with Crippen LogP contribution in [-0.4, -0.2) is 5.16 Å². The molecule has 0 aromatic heterocycles. The quantitative estimate of drug-likeness (QED) is 0.560. The summed E-state index contributed by atoms with van der Waals surface area (Å²) in [5.74, 6) is 2.43. The normalized spacial score (nSPS) is 12.5. The SMILES string of the molecule is CCC(=CPC(C)(C)C)CC. The Hall–Kier alpha value is 0.170. The molecule has 0 radical (unpaired) electrons. The number of hydrogen-bond donors (Lipinski definition) is 0. The van der Waals surface area contributed by atoms with E-state index >= 15 is 0 Å². The Labute approximate surface area is 73.2 Å². The molecule has 0 saturated heterocycles. The standard InChI is InChI=1S/C10H21P/c1-6-9(7-2)8-11-10(3,4)5/h8,11H,6-7H2,1-5H3. The zero-order valence-electron chi connectivity index (χ0n) is 8.49. The Bertz CT molecular complexity index is 122. The molecule has 11 heavy (non-hydrogen) atoms. The highest BCUT2D eigenvalue weighted by Gasteiger charge is 2.07. The van der Waals surface area contributed by atoms with E-state index in [-0.39, 0.29) is 0 Å². The summed E-state index contributed by atoms with van der Waals surface area (Å²) < 4.78 is 0. The first kappa shape index (κ1) is 11.2. The van der Waals surface area contributed by atoms with Crippen molar-refractivity contribution in [1.29, 1.82) is 0 Å². The molecule has 0 aliphatic heterocycles. The second-order valence-corrected chi connectivity index (χ2v) is 5.98. The van der Waals surface area contributed by atoms with Crippen LogP contribution in [0.5, 0.6) is 0 Å². The Balaban J connectivity index is 3.89. The smallest absolute Gasteiger partial charge is 0.0172 e. The van der Waals surface area contributed by atoms with Gasteiger partial charge in [-0.1, -0.05) is 54.6 Å². The molecular weight excluding hydrogens is 151 g/mol. The van der Waals surface area contributed by atoms with Crippen LogP contribution in [0.1, 0.15) is 47.5 Å². The molecule has 0 fully saturated rings. The van der Waals surface area contributed by atoms with Gasteiger partial charge in [0.2, 0.25) is 0 Å². The van der Waals surface area contributed by atoms with Gasteiger partial charge in [0.1, 0.15) is 0 Å². The molecule has 66 valence electrons. The van der Waals surface area contributed by atoms with E-state index in [4.69, 9.17) is 0 Å². The van der Waals surface area contributed by atoms with Gasteiger partial charge in [0.25, 0.3) is 0 Å². The van der Waals surface area contributed by atoms with Crippen LogP contribution in [0.15, 0.2) is 11.4 Å². The molecule has 0 rings (SSSR count). The summed E-state index contributed by atoms with van der Waals surface area (Å²) in [6.45, 7) is 11.4. The van der Waals surface area contributed by atoms with Gasteiger partial charge in [-0.05, 0) is 18.0 Å². The van der Waals surface area contributed by atoms with E-state index in [0.29, 0.717) is 5.16 Å². The van der Waals surface area contributed by atoms with Crippen molar-refractivity contribution in [1.82, 2.24) is 0 Å². The Morgan fingerprint density at radius 1 is 1.18 bits per heavy atom. The van der Waals surface area contributed by atoms with Crippen LogP contribution in [0.4, 0.5) is 0 Å². The zero-order valence-corrected chi connectivity index (χ0v) is 9.49. The van der Waals surface area contributed by atoms with Gasteiger partial charge in [0.05, 0.1) is 0 Å². The molecule has 1 unspecified atom stereocenters. The molecule has 0 amide bonds. The Morgan fingerprint density at radius 3 is 1.91 bits per heavy atom. The molecule has 0 aromatic rings. The summed E-state index contributed by atoms with van der Waals surface area (Å²) in [7, 11) is 0.973. The van der Waals surface area contributed by atoms with Crippen LogP contribution in [0.25, 0.3) is 0 Å². The van der Waals surface area contributed by atoms with Gasteiger partial charge >= 0.3 is 0 Å². The molecule has 0 bridgehead atoms. The molecule has 1 heteroatoms. The van der Waals surface area contributed by atoms with E-state index in [0.717, 1.165) is 8.58 Å². The third kappa shape index (κ3) is 6.56. The number of rotatable bonds is 3. The van der Waals surface area contributed by atoms with E-state index in [1.54, 1.807) is 5.57 Å². The minimum Gasteiger partial charge on any atom is -0.0929 e. The predicted molar refractivity (Wildman–Crippen MR) is 56.7 cm³/mol. The fourth-order valence-electron chi connectivity index (χ4n) is 0.773. The lowest BCUT2D eigenvalue weighted by atomic mass is 10.2. The largest absolute Gasteiger partial charge is 0.0929 e. The van der Waals surface area contributed by atoms with E-state index in [9.17, 15) is 0 Å². The average molecular weight is 172 g/mol. The Kier molecular flexibility index (Phi) is 5.01. The monoisotopic (exact) mass is 172 g/mol. The molecule has 0 spiro atoms. The number of hydrogen-bond acceptors (Lipinski definition) is 0. The van der Waals surface area contributed by atoms with Crippen LogP contribution in [0.2, 0.25) is 0 Å². The second-order valence-electron chi connectivity index (χ2n) is 3.90. The lowest BCUT2D eigenvalue weighted by molar-refractivity contribution is 0.798. The molecule has 0 heterocycles. The lowest BCUT2D eigenvalue weighted by Gasteiger charge is -2.16. The van der Waals surface area contributed by atoms with Crippen molar-refractivity contribution < 1.29 is 0 Å². The summed E-state index contributed by atoms with van der Waals surface area (Å²) in [5, 5.41) is 0.482. The van der Waals surface area contributed by atoms with E-state index < -0.39 is 0 Å². The first-order valence-electron chi connectivity index (χ1n) is 4.45. The average Bonchev–Trinajstić information content (AvgIpc) is 1.88.